The predicted molar refractivity (Wildman–Crippen MR) is 85.9 cm³/mol. The molecular formula is C14H14ClNO3S2. The lowest BCUT2D eigenvalue weighted by atomic mass is 10.3. The van der Waals surface area contributed by atoms with Crippen LogP contribution in [0.15, 0.2) is 28.6 Å². The molecule has 1 aromatic heterocycles. The molecule has 0 saturated carbocycles. The summed E-state index contributed by atoms with van der Waals surface area (Å²) in [6.07, 6.45) is 0.0331. The van der Waals surface area contributed by atoms with Crippen LogP contribution in [0, 0.1) is 6.92 Å². The molecular weight excluding hydrogens is 330 g/mol. The summed E-state index contributed by atoms with van der Waals surface area (Å²) >= 11 is 8.80. The number of hydrogen-bond acceptors (Lipinski definition) is 5. The highest BCUT2D eigenvalue weighted by Crippen LogP contribution is 2.27. The molecule has 0 atom stereocenters. The third-order valence-corrected chi connectivity index (χ3v) is 5.09. The Morgan fingerprint density at radius 1 is 1.43 bits per heavy atom. The van der Waals surface area contributed by atoms with E-state index < -0.39 is 5.97 Å². The van der Waals surface area contributed by atoms with E-state index in [1.54, 1.807) is 23.9 Å². The summed E-state index contributed by atoms with van der Waals surface area (Å²) in [5, 5.41) is 9.48. The second-order valence-corrected chi connectivity index (χ2v) is 7.07. The number of ether oxygens (including phenoxy) is 1. The second-order valence-electron chi connectivity index (χ2n) is 4.21. The summed E-state index contributed by atoms with van der Waals surface area (Å²) in [5.74, 6) is 0.702. The Balaban J connectivity index is 1.78. The van der Waals surface area contributed by atoms with Gasteiger partial charge in [-0.05, 0) is 31.2 Å². The van der Waals surface area contributed by atoms with Crippen molar-refractivity contribution in [1.82, 2.24) is 4.98 Å². The molecule has 21 heavy (non-hydrogen) atoms. The van der Waals surface area contributed by atoms with E-state index in [0.717, 1.165) is 26.4 Å². The zero-order valence-electron chi connectivity index (χ0n) is 11.3. The third kappa shape index (κ3) is 5.22. The fourth-order valence-electron chi connectivity index (χ4n) is 1.58. The summed E-state index contributed by atoms with van der Waals surface area (Å²) in [6, 6.07) is 7.22. The van der Waals surface area contributed by atoms with E-state index in [9.17, 15) is 4.79 Å². The van der Waals surface area contributed by atoms with Gasteiger partial charge in [-0.2, -0.15) is 0 Å². The Bertz CT molecular complexity index is 613. The van der Waals surface area contributed by atoms with Crippen molar-refractivity contribution in [2.45, 2.75) is 17.7 Å². The molecule has 1 aromatic carbocycles. The van der Waals surface area contributed by atoms with Gasteiger partial charge in [0.2, 0.25) is 0 Å². The van der Waals surface area contributed by atoms with Crippen LogP contribution in [0.25, 0.3) is 0 Å². The number of aromatic nitrogens is 1. The molecule has 0 aliphatic heterocycles. The molecule has 0 radical (unpaired) electrons. The van der Waals surface area contributed by atoms with Crippen molar-refractivity contribution in [2.75, 3.05) is 12.4 Å². The zero-order valence-corrected chi connectivity index (χ0v) is 13.7. The van der Waals surface area contributed by atoms with Crippen LogP contribution in [0.5, 0.6) is 5.75 Å². The lowest BCUT2D eigenvalue weighted by Gasteiger charge is -2.04. The molecule has 0 aliphatic rings. The summed E-state index contributed by atoms with van der Waals surface area (Å²) in [5.41, 5.74) is 0.795. The average molecular weight is 344 g/mol. The minimum absolute atomic E-state index is 0.0331. The van der Waals surface area contributed by atoms with Gasteiger partial charge in [0.05, 0.1) is 18.7 Å². The molecule has 2 aromatic rings. The molecule has 0 spiro atoms. The van der Waals surface area contributed by atoms with E-state index in [2.05, 4.69) is 4.98 Å². The lowest BCUT2D eigenvalue weighted by molar-refractivity contribution is -0.136. The maximum Gasteiger partial charge on any atom is 0.308 e. The van der Waals surface area contributed by atoms with Crippen molar-refractivity contribution in [1.29, 1.82) is 0 Å². The number of rotatable bonds is 7. The molecule has 4 nitrogen and oxygen atoms in total. The number of aliphatic carboxylic acids is 1. The van der Waals surface area contributed by atoms with Crippen LogP contribution in [-0.4, -0.2) is 28.4 Å². The second kappa shape index (κ2) is 7.68. The Kier molecular flexibility index (Phi) is 5.90. The summed E-state index contributed by atoms with van der Waals surface area (Å²) in [6.45, 7) is 2.39. The van der Waals surface area contributed by atoms with Gasteiger partial charge in [-0.1, -0.05) is 23.4 Å². The van der Waals surface area contributed by atoms with E-state index in [1.165, 1.54) is 11.3 Å². The first-order chi connectivity index (χ1) is 10.0. The molecule has 0 unspecified atom stereocenters. The van der Waals surface area contributed by atoms with Gasteiger partial charge >= 0.3 is 5.97 Å². The van der Waals surface area contributed by atoms with Crippen LogP contribution < -0.4 is 4.74 Å². The van der Waals surface area contributed by atoms with Gasteiger partial charge in [-0.3, -0.25) is 4.79 Å². The molecule has 1 N–H and O–H groups in total. The van der Waals surface area contributed by atoms with Crippen molar-refractivity contribution in [3.05, 3.63) is 39.9 Å². The largest absolute Gasteiger partial charge is 0.493 e. The molecule has 0 bridgehead atoms. The number of benzene rings is 1. The molecule has 0 aliphatic carbocycles. The highest BCUT2D eigenvalue weighted by molar-refractivity contribution is 8.01. The summed E-state index contributed by atoms with van der Waals surface area (Å²) in [7, 11) is 0. The van der Waals surface area contributed by atoms with E-state index in [4.69, 9.17) is 21.4 Å². The van der Waals surface area contributed by atoms with Crippen LogP contribution in [0.1, 0.15) is 10.6 Å². The van der Waals surface area contributed by atoms with Gasteiger partial charge in [-0.15, -0.1) is 11.3 Å². The van der Waals surface area contributed by atoms with Crippen molar-refractivity contribution >= 4 is 40.7 Å². The number of carbonyl (C=O) groups is 1. The first-order valence-corrected chi connectivity index (χ1v) is 8.42. The van der Waals surface area contributed by atoms with Crippen LogP contribution in [0.4, 0.5) is 0 Å². The normalized spacial score (nSPS) is 10.6. The Morgan fingerprint density at radius 2 is 2.14 bits per heavy atom. The van der Waals surface area contributed by atoms with Gasteiger partial charge in [0.25, 0.3) is 0 Å². The maximum absolute atomic E-state index is 10.7. The third-order valence-electron chi connectivity index (χ3n) is 2.58. The van der Waals surface area contributed by atoms with Crippen LogP contribution >= 0.6 is 34.7 Å². The van der Waals surface area contributed by atoms with Gasteiger partial charge in [0.15, 0.2) is 4.34 Å². The molecule has 0 amide bonds. The molecule has 0 fully saturated rings. The Morgan fingerprint density at radius 3 is 2.81 bits per heavy atom. The maximum atomic E-state index is 10.7. The number of nitrogens with zero attached hydrogens (tertiary/aromatic N) is 1. The number of thiazole rings is 1. The van der Waals surface area contributed by atoms with Crippen molar-refractivity contribution in [2.24, 2.45) is 0 Å². The standard InChI is InChI=1S/C14H14ClNO3S2/c1-9-12(8-13(17)18)21-14(16-9)20-7-6-19-11-4-2-10(15)3-5-11/h2-5H,6-8H2,1H3,(H,17,18). The highest BCUT2D eigenvalue weighted by atomic mass is 35.5. The molecule has 2 rings (SSSR count). The summed E-state index contributed by atoms with van der Waals surface area (Å²) in [4.78, 5) is 15.9. The number of thioether (sulfide) groups is 1. The fraction of sp³-hybridized carbons (Fsp3) is 0.286. The van der Waals surface area contributed by atoms with E-state index in [0.29, 0.717) is 11.6 Å². The Hall–Kier alpha value is -1.24. The highest BCUT2D eigenvalue weighted by Gasteiger charge is 2.11. The average Bonchev–Trinajstić information content (AvgIpc) is 2.76. The van der Waals surface area contributed by atoms with Gasteiger partial charge in [0.1, 0.15) is 5.75 Å². The van der Waals surface area contributed by atoms with Gasteiger partial charge in [-0.25, -0.2) is 4.98 Å². The number of carboxylic acids is 1. The number of carboxylic acid groups (broad SMARTS) is 1. The molecule has 1 heterocycles. The lowest BCUT2D eigenvalue weighted by Crippen LogP contribution is -1.99. The number of hydrogen-bond donors (Lipinski definition) is 1. The fourth-order valence-corrected chi connectivity index (χ4v) is 3.82. The first-order valence-electron chi connectivity index (χ1n) is 6.24. The molecule has 7 heteroatoms. The monoisotopic (exact) mass is 343 g/mol. The van der Waals surface area contributed by atoms with Crippen molar-refractivity contribution < 1.29 is 14.6 Å². The zero-order chi connectivity index (χ0) is 15.2. The molecule has 0 saturated heterocycles. The smallest absolute Gasteiger partial charge is 0.308 e. The van der Waals surface area contributed by atoms with Crippen LogP contribution in [0.2, 0.25) is 5.02 Å². The van der Waals surface area contributed by atoms with E-state index >= 15 is 0 Å². The molecule has 112 valence electrons. The first kappa shape index (κ1) is 16.1. The summed E-state index contributed by atoms with van der Waals surface area (Å²) < 4.78 is 6.47. The number of aryl methyl sites for hydroxylation is 1. The van der Waals surface area contributed by atoms with E-state index in [1.807, 2.05) is 19.1 Å². The predicted octanol–water partition coefficient (Wildman–Crippen LogP) is 3.90. The van der Waals surface area contributed by atoms with Crippen molar-refractivity contribution in [3.8, 4) is 5.75 Å². The minimum Gasteiger partial charge on any atom is -0.493 e. The minimum atomic E-state index is -0.829. The van der Waals surface area contributed by atoms with Gasteiger partial charge < -0.3 is 9.84 Å². The quantitative estimate of drug-likeness (QED) is 0.610. The Labute approximate surface area is 136 Å². The van der Waals surface area contributed by atoms with Crippen LogP contribution in [0.3, 0.4) is 0 Å². The van der Waals surface area contributed by atoms with Crippen molar-refractivity contribution in [3.63, 3.8) is 0 Å². The SMILES string of the molecule is Cc1nc(SCCOc2ccc(Cl)cc2)sc1CC(=O)O. The van der Waals surface area contributed by atoms with E-state index in [-0.39, 0.29) is 6.42 Å². The van der Waals surface area contributed by atoms with Gasteiger partial charge in [0, 0.05) is 15.7 Å². The van der Waals surface area contributed by atoms with Crippen LogP contribution in [-0.2, 0) is 11.2 Å². The number of halogens is 1. The topological polar surface area (TPSA) is 59.4 Å².